The Morgan fingerprint density at radius 1 is 1.24 bits per heavy atom. The Hall–Kier alpha value is -1.12. The lowest BCUT2D eigenvalue weighted by Crippen LogP contribution is -2.24. The fraction of sp³-hybridized carbons (Fsp3) is 0.571. The third-order valence-electron chi connectivity index (χ3n) is 3.77. The van der Waals surface area contributed by atoms with E-state index in [9.17, 15) is 8.78 Å². The SMILES string of the molecule is CCC1CCCC1Nc1cc(F)c(C)cc1F. The highest BCUT2D eigenvalue weighted by molar-refractivity contribution is 5.48. The minimum absolute atomic E-state index is 0.289. The smallest absolute Gasteiger partial charge is 0.146 e. The molecule has 1 saturated carbocycles. The van der Waals surface area contributed by atoms with Crippen molar-refractivity contribution in [3.05, 3.63) is 29.3 Å². The predicted octanol–water partition coefficient (Wildman–Crippen LogP) is 4.26. The van der Waals surface area contributed by atoms with Crippen LogP contribution in [0.5, 0.6) is 0 Å². The topological polar surface area (TPSA) is 12.0 Å². The monoisotopic (exact) mass is 239 g/mol. The fourth-order valence-corrected chi connectivity index (χ4v) is 2.67. The van der Waals surface area contributed by atoms with Crippen LogP contribution in [0.25, 0.3) is 0 Å². The second kappa shape index (κ2) is 5.03. The van der Waals surface area contributed by atoms with E-state index >= 15 is 0 Å². The van der Waals surface area contributed by atoms with Crippen LogP contribution in [0.3, 0.4) is 0 Å². The summed E-state index contributed by atoms with van der Waals surface area (Å²) in [5.41, 5.74) is 0.657. The number of nitrogens with one attached hydrogen (secondary N) is 1. The maximum absolute atomic E-state index is 13.7. The molecule has 0 saturated heterocycles. The van der Waals surface area contributed by atoms with Crippen LogP contribution in [0.2, 0.25) is 0 Å². The van der Waals surface area contributed by atoms with Gasteiger partial charge in [0.25, 0.3) is 0 Å². The molecule has 3 heteroatoms. The van der Waals surface area contributed by atoms with Gasteiger partial charge in [0.1, 0.15) is 11.6 Å². The molecule has 0 aromatic heterocycles. The first-order valence-electron chi connectivity index (χ1n) is 6.34. The van der Waals surface area contributed by atoms with E-state index in [0.29, 0.717) is 17.2 Å². The molecule has 2 atom stereocenters. The van der Waals surface area contributed by atoms with Crippen LogP contribution in [-0.2, 0) is 0 Å². The molecule has 1 fully saturated rings. The van der Waals surface area contributed by atoms with Crippen molar-refractivity contribution < 1.29 is 8.78 Å². The van der Waals surface area contributed by atoms with Crippen LogP contribution in [0.15, 0.2) is 12.1 Å². The molecule has 0 heterocycles. The first-order valence-corrected chi connectivity index (χ1v) is 6.34. The van der Waals surface area contributed by atoms with Gasteiger partial charge in [0.05, 0.1) is 5.69 Å². The molecule has 1 aliphatic rings. The van der Waals surface area contributed by atoms with Gasteiger partial charge in [0.15, 0.2) is 0 Å². The molecule has 1 N–H and O–H groups in total. The molecule has 0 radical (unpaired) electrons. The summed E-state index contributed by atoms with van der Waals surface area (Å²) in [6.07, 6.45) is 4.50. The van der Waals surface area contributed by atoms with Crippen molar-refractivity contribution in [1.82, 2.24) is 0 Å². The van der Waals surface area contributed by atoms with Gasteiger partial charge in [0.2, 0.25) is 0 Å². The average Bonchev–Trinajstić information content (AvgIpc) is 2.73. The van der Waals surface area contributed by atoms with Crippen LogP contribution in [0.1, 0.15) is 38.2 Å². The van der Waals surface area contributed by atoms with Crippen LogP contribution in [-0.4, -0.2) is 6.04 Å². The summed E-state index contributed by atoms with van der Waals surface area (Å²) in [4.78, 5) is 0. The molecule has 1 aromatic rings. The van der Waals surface area contributed by atoms with E-state index < -0.39 is 0 Å². The molecular weight excluding hydrogens is 220 g/mol. The third kappa shape index (κ3) is 2.59. The molecular formula is C14H19F2N. The lowest BCUT2D eigenvalue weighted by atomic mass is 10.0. The van der Waals surface area contributed by atoms with E-state index in [-0.39, 0.29) is 17.7 Å². The Balaban J connectivity index is 2.15. The second-order valence-corrected chi connectivity index (χ2v) is 4.93. The van der Waals surface area contributed by atoms with Gasteiger partial charge in [-0.2, -0.15) is 0 Å². The van der Waals surface area contributed by atoms with Gasteiger partial charge < -0.3 is 5.32 Å². The molecule has 0 spiro atoms. The standard InChI is InChI=1S/C14H19F2N/c1-3-10-5-4-6-13(10)17-14-8-11(15)9(2)7-12(14)16/h7-8,10,13,17H,3-6H2,1-2H3. The zero-order valence-electron chi connectivity index (χ0n) is 10.4. The number of benzene rings is 1. The minimum atomic E-state index is -0.356. The number of anilines is 1. The van der Waals surface area contributed by atoms with E-state index in [1.165, 1.54) is 25.0 Å². The predicted molar refractivity (Wildman–Crippen MR) is 66.1 cm³/mol. The first kappa shape index (κ1) is 12.3. The summed E-state index contributed by atoms with van der Waals surface area (Å²) >= 11 is 0. The van der Waals surface area contributed by atoms with Crippen molar-refractivity contribution in [2.45, 2.75) is 45.6 Å². The van der Waals surface area contributed by atoms with Gasteiger partial charge >= 0.3 is 0 Å². The molecule has 1 aromatic carbocycles. The average molecular weight is 239 g/mol. The summed E-state index contributed by atoms with van der Waals surface area (Å²) in [6.45, 7) is 3.73. The van der Waals surface area contributed by atoms with Gasteiger partial charge in [0, 0.05) is 12.1 Å². The number of rotatable bonds is 3. The molecule has 0 bridgehead atoms. The van der Waals surface area contributed by atoms with Crippen molar-refractivity contribution in [1.29, 1.82) is 0 Å². The first-order chi connectivity index (χ1) is 8.11. The van der Waals surface area contributed by atoms with Gasteiger partial charge in [-0.15, -0.1) is 0 Å². The minimum Gasteiger partial charge on any atom is -0.380 e. The van der Waals surface area contributed by atoms with Crippen molar-refractivity contribution in [2.75, 3.05) is 5.32 Å². The zero-order valence-corrected chi connectivity index (χ0v) is 10.4. The molecule has 2 unspecified atom stereocenters. The molecule has 0 aliphatic heterocycles. The van der Waals surface area contributed by atoms with Crippen LogP contribution >= 0.6 is 0 Å². The van der Waals surface area contributed by atoms with Crippen LogP contribution in [0, 0.1) is 24.5 Å². The van der Waals surface area contributed by atoms with E-state index in [4.69, 9.17) is 0 Å². The summed E-state index contributed by atoms with van der Waals surface area (Å²) < 4.78 is 27.1. The Bertz CT molecular complexity index is 403. The highest BCUT2D eigenvalue weighted by Crippen LogP contribution is 2.31. The highest BCUT2D eigenvalue weighted by atomic mass is 19.1. The molecule has 1 nitrogen and oxygen atoms in total. The van der Waals surface area contributed by atoms with Crippen molar-refractivity contribution >= 4 is 5.69 Å². The number of hydrogen-bond acceptors (Lipinski definition) is 1. The van der Waals surface area contributed by atoms with Crippen molar-refractivity contribution in [3.8, 4) is 0 Å². The Kier molecular flexibility index (Phi) is 3.65. The quantitative estimate of drug-likeness (QED) is 0.830. The van der Waals surface area contributed by atoms with Crippen molar-refractivity contribution in [3.63, 3.8) is 0 Å². The van der Waals surface area contributed by atoms with E-state index in [1.54, 1.807) is 6.92 Å². The fourth-order valence-electron chi connectivity index (χ4n) is 2.67. The Morgan fingerprint density at radius 2 is 2.00 bits per heavy atom. The number of aryl methyl sites for hydroxylation is 1. The summed E-state index contributed by atoms with van der Waals surface area (Å²) in [5.74, 6) is -0.121. The normalized spacial score (nSPS) is 24.0. The molecule has 17 heavy (non-hydrogen) atoms. The summed E-state index contributed by atoms with van der Waals surface area (Å²) in [6, 6.07) is 2.82. The van der Waals surface area contributed by atoms with Gasteiger partial charge in [-0.1, -0.05) is 19.8 Å². The maximum Gasteiger partial charge on any atom is 0.146 e. The van der Waals surface area contributed by atoms with Gasteiger partial charge in [-0.05, 0) is 37.3 Å². The third-order valence-corrected chi connectivity index (χ3v) is 3.77. The summed E-state index contributed by atoms with van der Waals surface area (Å²) in [7, 11) is 0. The largest absolute Gasteiger partial charge is 0.380 e. The van der Waals surface area contributed by atoms with E-state index in [1.807, 2.05) is 0 Å². The molecule has 94 valence electrons. The maximum atomic E-state index is 13.7. The van der Waals surface area contributed by atoms with Crippen LogP contribution < -0.4 is 5.32 Å². The highest BCUT2D eigenvalue weighted by Gasteiger charge is 2.26. The molecule has 2 rings (SSSR count). The van der Waals surface area contributed by atoms with E-state index in [2.05, 4.69) is 12.2 Å². The number of hydrogen-bond donors (Lipinski definition) is 1. The lowest BCUT2D eigenvalue weighted by Gasteiger charge is -2.21. The zero-order chi connectivity index (χ0) is 12.4. The Morgan fingerprint density at radius 3 is 2.71 bits per heavy atom. The second-order valence-electron chi connectivity index (χ2n) is 4.93. The lowest BCUT2D eigenvalue weighted by molar-refractivity contribution is 0.485. The summed E-state index contributed by atoms with van der Waals surface area (Å²) in [5, 5.41) is 3.16. The van der Waals surface area contributed by atoms with Crippen molar-refractivity contribution in [2.24, 2.45) is 5.92 Å². The van der Waals surface area contributed by atoms with E-state index in [0.717, 1.165) is 12.8 Å². The van der Waals surface area contributed by atoms with Gasteiger partial charge in [-0.25, -0.2) is 8.78 Å². The number of halogens is 2. The van der Waals surface area contributed by atoms with Crippen LogP contribution in [0.4, 0.5) is 14.5 Å². The Labute approximate surface area is 101 Å². The van der Waals surface area contributed by atoms with Gasteiger partial charge in [-0.3, -0.25) is 0 Å². The molecule has 0 amide bonds. The molecule has 1 aliphatic carbocycles.